The Labute approximate surface area is 122 Å². The molecule has 0 spiro atoms. The smallest absolute Gasteiger partial charge is 0.293 e. The van der Waals surface area contributed by atoms with Gasteiger partial charge in [-0.3, -0.25) is 14.9 Å². The third-order valence-corrected chi connectivity index (χ3v) is 3.54. The maximum atomic E-state index is 11.5. The molecular formula is C14H19N3O4. The van der Waals surface area contributed by atoms with Gasteiger partial charge in [-0.1, -0.05) is 0 Å². The second kappa shape index (κ2) is 6.53. The highest BCUT2D eigenvalue weighted by Crippen LogP contribution is 2.31. The van der Waals surface area contributed by atoms with E-state index in [2.05, 4.69) is 10.6 Å². The van der Waals surface area contributed by atoms with Crippen molar-refractivity contribution in [3.05, 3.63) is 33.9 Å². The second-order valence-corrected chi connectivity index (χ2v) is 4.96. The molecule has 1 fully saturated rings. The lowest BCUT2D eigenvalue weighted by molar-refractivity contribution is -0.384. The van der Waals surface area contributed by atoms with Gasteiger partial charge in [0.05, 0.1) is 11.0 Å². The average molecular weight is 293 g/mol. The third kappa shape index (κ3) is 3.49. The Morgan fingerprint density at radius 2 is 2.19 bits per heavy atom. The summed E-state index contributed by atoms with van der Waals surface area (Å²) in [7, 11) is 1.49. The minimum atomic E-state index is -0.479. The van der Waals surface area contributed by atoms with Crippen LogP contribution in [0.4, 0.5) is 11.4 Å². The van der Waals surface area contributed by atoms with Gasteiger partial charge in [-0.05, 0) is 31.9 Å². The molecule has 114 valence electrons. The van der Waals surface area contributed by atoms with Gasteiger partial charge in [0, 0.05) is 31.3 Å². The van der Waals surface area contributed by atoms with E-state index in [9.17, 15) is 14.9 Å². The van der Waals surface area contributed by atoms with E-state index in [4.69, 9.17) is 4.74 Å². The fraction of sp³-hybridized carbons (Fsp3) is 0.500. The molecule has 0 saturated heterocycles. The Hall–Kier alpha value is -2.15. The summed E-state index contributed by atoms with van der Waals surface area (Å²) in [6, 6.07) is 4.62. The van der Waals surface area contributed by atoms with Crippen molar-refractivity contribution in [1.82, 2.24) is 5.32 Å². The highest BCUT2D eigenvalue weighted by atomic mass is 16.6. The Morgan fingerprint density at radius 1 is 1.48 bits per heavy atom. The van der Waals surface area contributed by atoms with Crippen LogP contribution < -0.4 is 10.6 Å². The summed E-state index contributed by atoms with van der Waals surface area (Å²) in [5, 5.41) is 16.7. The molecular weight excluding hydrogens is 274 g/mol. The van der Waals surface area contributed by atoms with Crippen molar-refractivity contribution in [1.29, 1.82) is 0 Å². The molecule has 0 aliphatic heterocycles. The Kier molecular flexibility index (Phi) is 4.74. The third-order valence-electron chi connectivity index (χ3n) is 3.54. The number of ether oxygens (including phenoxy) is 1. The summed E-state index contributed by atoms with van der Waals surface area (Å²) in [6.45, 7) is 2.63. The van der Waals surface area contributed by atoms with Crippen molar-refractivity contribution in [2.45, 2.75) is 31.9 Å². The van der Waals surface area contributed by atoms with Crippen LogP contribution in [0.5, 0.6) is 0 Å². The molecule has 21 heavy (non-hydrogen) atoms. The predicted octanol–water partition coefficient (Wildman–Crippen LogP) is 1.93. The molecule has 1 aromatic carbocycles. The topological polar surface area (TPSA) is 93.5 Å². The van der Waals surface area contributed by atoms with E-state index < -0.39 is 4.92 Å². The van der Waals surface area contributed by atoms with Gasteiger partial charge >= 0.3 is 0 Å². The van der Waals surface area contributed by atoms with E-state index in [0.29, 0.717) is 12.3 Å². The van der Waals surface area contributed by atoms with E-state index in [1.807, 2.05) is 6.92 Å². The fourth-order valence-electron chi connectivity index (χ4n) is 2.37. The van der Waals surface area contributed by atoms with Crippen LogP contribution in [0.25, 0.3) is 0 Å². The van der Waals surface area contributed by atoms with Gasteiger partial charge in [-0.25, -0.2) is 0 Å². The second-order valence-electron chi connectivity index (χ2n) is 4.96. The van der Waals surface area contributed by atoms with Gasteiger partial charge in [0.15, 0.2) is 0 Å². The first-order valence-electron chi connectivity index (χ1n) is 6.93. The molecule has 1 aliphatic carbocycles. The van der Waals surface area contributed by atoms with Gasteiger partial charge in [0.1, 0.15) is 5.69 Å². The number of nitrogens with one attached hydrogen (secondary N) is 2. The molecule has 1 aromatic rings. The van der Waals surface area contributed by atoms with Crippen LogP contribution in [-0.4, -0.2) is 36.6 Å². The van der Waals surface area contributed by atoms with Crippen molar-refractivity contribution in [2.75, 3.05) is 19.0 Å². The molecule has 0 bridgehead atoms. The van der Waals surface area contributed by atoms with E-state index in [0.717, 1.165) is 12.8 Å². The molecule has 0 aromatic heterocycles. The minimum absolute atomic E-state index is 0.0871. The van der Waals surface area contributed by atoms with Gasteiger partial charge in [-0.15, -0.1) is 0 Å². The highest BCUT2D eigenvalue weighted by molar-refractivity contribution is 5.95. The molecule has 0 radical (unpaired) electrons. The van der Waals surface area contributed by atoms with Crippen LogP contribution in [0.3, 0.4) is 0 Å². The predicted molar refractivity (Wildman–Crippen MR) is 78.5 cm³/mol. The van der Waals surface area contributed by atoms with Gasteiger partial charge < -0.3 is 15.4 Å². The Bertz CT molecular complexity index is 541. The van der Waals surface area contributed by atoms with E-state index in [1.165, 1.54) is 13.1 Å². The molecule has 0 heterocycles. The maximum absolute atomic E-state index is 11.5. The zero-order valence-electron chi connectivity index (χ0n) is 12.1. The van der Waals surface area contributed by atoms with Gasteiger partial charge in [0.2, 0.25) is 0 Å². The molecule has 1 amide bonds. The lowest BCUT2D eigenvalue weighted by atomic mass is 9.89. The summed E-state index contributed by atoms with van der Waals surface area (Å²) in [6.07, 6.45) is 1.90. The number of amides is 1. The number of carbonyl (C=O) groups is 1. The molecule has 0 atom stereocenters. The van der Waals surface area contributed by atoms with E-state index >= 15 is 0 Å². The van der Waals surface area contributed by atoms with E-state index in [1.54, 1.807) is 12.1 Å². The number of benzene rings is 1. The largest absolute Gasteiger partial charge is 0.378 e. The van der Waals surface area contributed by atoms with Crippen molar-refractivity contribution in [2.24, 2.45) is 0 Å². The van der Waals surface area contributed by atoms with Crippen LogP contribution in [0.15, 0.2) is 18.2 Å². The summed E-state index contributed by atoms with van der Waals surface area (Å²) < 4.78 is 5.46. The highest BCUT2D eigenvalue weighted by Gasteiger charge is 2.31. The number of anilines is 1. The van der Waals surface area contributed by atoms with Gasteiger partial charge in [0.25, 0.3) is 11.6 Å². The number of nitro benzene ring substituents is 1. The fourth-order valence-corrected chi connectivity index (χ4v) is 2.37. The first-order valence-corrected chi connectivity index (χ1v) is 6.93. The molecule has 1 aliphatic rings. The van der Waals surface area contributed by atoms with Crippen molar-refractivity contribution >= 4 is 17.3 Å². The Balaban J connectivity index is 2.09. The average Bonchev–Trinajstić information content (AvgIpc) is 2.44. The van der Waals surface area contributed by atoms with Crippen LogP contribution in [0.2, 0.25) is 0 Å². The van der Waals surface area contributed by atoms with Crippen LogP contribution in [0.1, 0.15) is 30.1 Å². The molecule has 1 saturated carbocycles. The van der Waals surface area contributed by atoms with Crippen LogP contribution in [-0.2, 0) is 4.74 Å². The molecule has 7 nitrogen and oxygen atoms in total. The van der Waals surface area contributed by atoms with Crippen LogP contribution >= 0.6 is 0 Å². The molecule has 2 rings (SSSR count). The summed E-state index contributed by atoms with van der Waals surface area (Å²) in [5.41, 5.74) is 0.624. The molecule has 2 N–H and O–H groups in total. The maximum Gasteiger partial charge on any atom is 0.293 e. The summed E-state index contributed by atoms with van der Waals surface area (Å²) in [5.74, 6) is -0.343. The summed E-state index contributed by atoms with van der Waals surface area (Å²) >= 11 is 0. The van der Waals surface area contributed by atoms with Crippen molar-refractivity contribution in [3.63, 3.8) is 0 Å². The Morgan fingerprint density at radius 3 is 2.76 bits per heavy atom. The van der Waals surface area contributed by atoms with Crippen molar-refractivity contribution in [3.8, 4) is 0 Å². The standard InChI is InChI=1S/C14H19N3O4/c1-3-21-11-7-10(8-11)16-12-5-4-9(14(18)15-2)6-13(12)17(19)20/h4-6,10-11,16H,3,7-8H2,1-2H3,(H,15,18). The van der Waals surface area contributed by atoms with Gasteiger partial charge in [-0.2, -0.15) is 0 Å². The SMILES string of the molecule is CCOC1CC(Nc2ccc(C(=O)NC)cc2[N+](=O)[O-])C1. The zero-order chi connectivity index (χ0) is 15.4. The zero-order valence-corrected chi connectivity index (χ0v) is 12.1. The van der Waals surface area contributed by atoms with Crippen molar-refractivity contribution < 1.29 is 14.5 Å². The normalized spacial score (nSPS) is 20.5. The number of nitrogens with zero attached hydrogens (tertiary/aromatic N) is 1. The number of hydrogen-bond donors (Lipinski definition) is 2. The summed E-state index contributed by atoms with van der Waals surface area (Å²) in [4.78, 5) is 22.2. The minimum Gasteiger partial charge on any atom is -0.378 e. The first kappa shape index (κ1) is 15.2. The van der Waals surface area contributed by atoms with Crippen LogP contribution in [0, 0.1) is 10.1 Å². The first-order chi connectivity index (χ1) is 10.0. The lowest BCUT2D eigenvalue weighted by Gasteiger charge is -2.35. The number of rotatable bonds is 6. The van der Waals surface area contributed by atoms with E-state index in [-0.39, 0.29) is 29.3 Å². The molecule has 0 unspecified atom stereocenters. The monoisotopic (exact) mass is 293 g/mol. The number of nitro groups is 1. The lowest BCUT2D eigenvalue weighted by Crippen LogP contribution is -2.40. The number of hydrogen-bond acceptors (Lipinski definition) is 5. The molecule has 7 heteroatoms. The number of carbonyl (C=O) groups excluding carboxylic acids is 1. The quantitative estimate of drug-likeness (QED) is 0.617.